The highest BCUT2D eigenvalue weighted by Crippen LogP contribution is 2.37. The van der Waals surface area contributed by atoms with E-state index in [1.54, 1.807) is 12.1 Å². The lowest BCUT2D eigenvalue weighted by Gasteiger charge is -2.20. The summed E-state index contributed by atoms with van der Waals surface area (Å²) in [6.45, 7) is 3.21. The number of carbonyl (C=O) groups is 1. The molecular formula is C18H19ClN2O3. The van der Waals surface area contributed by atoms with Gasteiger partial charge in [-0.3, -0.25) is 4.79 Å². The van der Waals surface area contributed by atoms with Crippen molar-refractivity contribution < 1.29 is 14.3 Å². The van der Waals surface area contributed by atoms with E-state index in [4.69, 9.17) is 21.1 Å². The molecular weight excluding hydrogens is 328 g/mol. The fourth-order valence-electron chi connectivity index (χ4n) is 2.40. The molecule has 6 heteroatoms. The Labute approximate surface area is 145 Å². The number of halogens is 1. The van der Waals surface area contributed by atoms with Crippen LogP contribution in [0.1, 0.15) is 12.5 Å². The molecule has 0 radical (unpaired) electrons. The normalized spacial score (nSPS) is 12.6. The standard InChI is InChI=1S/C18H19ClN2O3/c1-2-12-3-5-13(6-4-12)21-18(22)11-20-15-10-17-16(9-14(15)19)23-7-8-24-17/h3-6,9-10,20H,2,7-8,11H2,1H3,(H,21,22). The van der Waals surface area contributed by atoms with Crippen molar-refractivity contribution in [3.05, 3.63) is 47.0 Å². The number of fused-ring (bicyclic) bond motifs is 1. The molecule has 3 rings (SSSR count). The van der Waals surface area contributed by atoms with Gasteiger partial charge in [-0.1, -0.05) is 30.7 Å². The van der Waals surface area contributed by atoms with Gasteiger partial charge in [-0.25, -0.2) is 0 Å². The van der Waals surface area contributed by atoms with Crippen LogP contribution < -0.4 is 20.1 Å². The zero-order valence-electron chi connectivity index (χ0n) is 13.4. The van der Waals surface area contributed by atoms with Crippen molar-refractivity contribution in [3.63, 3.8) is 0 Å². The molecule has 0 fully saturated rings. The third kappa shape index (κ3) is 3.92. The van der Waals surface area contributed by atoms with E-state index in [0.29, 0.717) is 35.4 Å². The molecule has 0 unspecified atom stereocenters. The maximum atomic E-state index is 12.1. The van der Waals surface area contributed by atoms with Gasteiger partial charge in [-0.05, 0) is 24.1 Å². The Balaban J connectivity index is 1.59. The molecule has 1 aliphatic heterocycles. The zero-order valence-corrected chi connectivity index (χ0v) is 14.2. The maximum Gasteiger partial charge on any atom is 0.243 e. The number of aryl methyl sites for hydroxylation is 1. The molecule has 1 heterocycles. The molecule has 0 saturated carbocycles. The van der Waals surface area contributed by atoms with Crippen LogP contribution in [0.5, 0.6) is 11.5 Å². The van der Waals surface area contributed by atoms with Crippen molar-refractivity contribution in [2.45, 2.75) is 13.3 Å². The molecule has 0 bridgehead atoms. The number of amides is 1. The van der Waals surface area contributed by atoms with Crippen molar-refractivity contribution in [3.8, 4) is 11.5 Å². The second-order valence-corrected chi connectivity index (χ2v) is 5.84. The summed E-state index contributed by atoms with van der Waals surface area (Å²) in [6.07, 6.45) is 0.971. The highest BCUT2D eigenvalue weighted by molar-refractivity contribution is 6.33. The highest BCUT2D eigenvalue weighted by Gasteiger charge is 2.15. The first kappa shape index (κ1) is 16.5. The van der Waals surface area contributed by atoms with E-state index in [9.17, 15) is 4.79 Å². The van der Waals surface area contributed by atoms with E-state index in [1.165, 1.54) is 5.56 Å². The third-order valence-electron chi connectivity index (χ3n) is 3.72. The zero-order chi connectivity index (χ0) is 16.9. The van der Waals surface area contributed by atoms with Gasteiger partial charge in [0.1, 0.15) is 13.2 Å². The van der Waals surface area contributed by atoms with Crippen LogP contribution in [-0.4, -0.2) is 25.7 Å². The molecule has 0 aliphatic carbocycles. The van der Waals surface area contributed by atoms with Gasteiger partial charge < -0.3 is 20.1 Å². The third-order valence-corrected chi connectivity index (χ3v) is 4.03. The quantitative estimate of drug-likeness (QED) is 0.866. The van der Waals surface area contributed by atoms with Gasteiger partial charge in [0.25, 0.3) is 0 Å². The Morgan fingerprint density at radius 1 is 1.12 bits per heavy atom. The lowest BCUT2D eigenvalue weighted by Crippen LogP contribution is -2.22. The number of carbonyl (C=O) groups excluding carboxylic acids is 1. The maximum absolute atomic E-state index is 12.1. The van der Waals surface area contributed by atoms with E-state index >= 15 is 0 Å². The molecule has 1 amide bonds. The molecule has 24 heavy (non-hydrogen) atoms. The summed E-state index contributed by atoms with van der Waals surface area (Å²) in [5.41, 5.74) is 2.64. The van der Waals surface area contributed by atoms with Gasteiger partial charge in [0.15, 0.2) is 11.5 Å². The van der Waals surface area contributed by atoms with Gasteiger partial charge >= 0.3 is 0 Å². The monoisotopic (exact) mass is 346 g/mol. The minimum Gasteiger partial charge on any atom is -0.486 e. The van der Waals surface area contributed by atoms with Gasteiger partial charge in [0.2, 0.25) is 5.91 Å². The molecule has 0 aromatic heterocycles. The van der Waals surface area contributed by atoms with Crippen molar-refractivity contribution >= 4 is 28.9 Å². The fraction of sp³-hybridized carbons (Fsp3) is 0.278. The van der Waals surface area contributed by atoms with Crippen LogP contribution in [0.4, 0.5) is 11.4 Å². The topological polar surface area (TPSA) is 59.6 Å². The average Bonchev–Trinajstić information content (AvgIpc) is 2.60. The minimum atomic E-state index is -0.148. The van der Waals surface area contributed by atoms with Crippen LogP contribution in [0, 0.1) is 0 Å². The summed E-state index contributed by atoms with van der Waals surface area (Å²) in [5, 5.41) is 6.36. The molecule has 0 spiro atoms. The second kappa shape index (κ2) is 7.45. The SMILES string of the molecule is CCc1ccc(NC(=O)CNc2cc3c(cc2Cl)OCCO3)cc1. The predicted molar refractivity (Wildman–Crippen MR) is 95.4 cm³/mol. The summed E-state index contributed by atoms with van der Waals surface area (Å²) < 4.78 is 11.0. The molecule has 126 valence electrons. The molecule has 2 N–H and O–H groups in total. The Kier molecular flexibility index (Phi) is 5.11. The van der Waals surface area contributed by atoms with Crippen molar-refractivity contribution in [1.82, 2.24) is 0 Å². The number of hydrogen-bond donors (Lipinski definition) is 2. The Morgan fingerprint density at radius 2 is 1.79 bits per heavy atom. The first-order chi connectivity index (χ1) is 11.7. The summed E-state index contributed by atoms with van der Waals surface area (Å²) >= 11 is 6.21. The van der Waals surface area contributed by atoms with Crippen LogP contribution in [-0.2, 0) is 11.2 Å². The fourth-order valence-corrected chi connectivity index (χ4v) is 2.62. The summed E-state index contributed by atoms with van der Waals surface area (Å²) in [7, 11) is 0. The summed E-state index contributed by atoms with van der Waals surface area (Å²) in [4.78, 5) is 12.1. The number of benzene rings is 2. The molecule has 2 aromatic carbocycles. The largest absolute Gasteiger partial charge is 0.486 e. The van der Waals surface area contributed by atoms with E-state index < -0.39 is 0 Å². The average molecular weight is 347 g/mol. The second-order valence-electron chi connectivity index (χ2n) is 5.43. The lowest BCUT2D eigenvalue weighted by atomic mass is 10.1. The Hall–Kier alpha value is -2.40. The van der Waals surface area contributed by atoms with Crippen LogP contribution in [0.25, 0.3) is 0 Å². The van der Waals surface area contributed by atoms with Gasteiger partial charge in [-0.15, -0.1) is 0 Å². The number of anilines is 2. The molecule has 0 atom stereocenters. The first-order valence-electron chi connectivity index (χ1n) is 7.87. The Bertz CT molecular complexity index is 732. The smallest absolute Gasteiger partial charge is 0.243 e. The number of nitrogens with one attached hydrogen (secondary N) is 2. The van der Waals surface area contributed by atoms with E-state index in [1.807, 2.05) is 24.3 Å². The predicted octanol–water partition coefficient (Wildman–Crippen LogP) is 3.72. The Morgan fingerprint density at radius 3 is 2.46 bits per heavy atom. The summed E-state index contributed by atoms with van der Waals surface area (Å²) in [5.74, 6) is 1.10. The van der Waals surface area contributed by atoms with Crippen molar-refractivity contribution in [2.75, 3.05) is 30.4 Å². The molecule has 1 aliphatic rings. The first-order valence-corrected chi connectivity index (χ1v) is 8.25. The van der Waals surface area contributed by atoms with Crippen LogP contribution in [0.15, 0.2) is 36.4 Å². The molecule has 0 saturated heterocycles. The van der Waals surface area contributed by atoms with E-state index in [0.717, 1.165) is 12.1 Å². The number of ether oxygens (including phenoxy) is 2. The van der Waals surface area contributed by atoms with Crippen LogP contribution >= 0.6 is 11.6 Å². The summed E-state index contributed by atoms with van der Waals surface area (Å²) in [6, 6.07) is 11.2. The molecule has 5 nitrogen and oxygen atoms in total. The minimum absolute atomic E-state index is 0.106. The number of rotatable bonds is 5. The number of hydrogen-bond acceptors (Lipinski definition) is 4. The van der Waals surface area contributed by atoms with Crippen LogP contribution in [0.2, 0.25) is 5.02 Å². The lowest BCUT2D eigenvalue weighted by molar-refractivity contribution is -0.114. The van der Waals surface area contributed by atoms with Crippen molar-refractivity contribution in [1.29, 1.82) is 0 Å². The van der Waals surface area contributed by atoms with Crippen LogP contribution in [0.3, 0.4) is 0 Å². The van der Waals surface area contributed by atoms with Gasteiger partial charge in [0, 0.05) is 17.8 Å². The highest BCUT2D eigenvalue weighted by atomic mass is 35.5. The molecule has 2 aromatic rings. The van der Waals surface area contributed by atoms with Gasteiger partial charge in [-0.2, -0.15) is 0 Å². The van der Waals surface area contributed by atoms with E-state index in [-0.39, 0.29) is 12.5 Å². The van der Waals surface area contributed by atoms with E-state index in [2.05, 4.69) is 17.6 Å². The van der Waals surface area contributed by atoms with Gasteiger partial charge in [0.05, 0.1) is 17.3 Å². The van der Waals surface area contributed by atoms with Crippen molar-refractivity contribution in [2.24, 2.45) is 0 Å².